The van der Waals surface area contributed by atoms with Gasteiger partial charge in [-0.2, -0.15) is 0 Å². The van der Waals surface area contributed by atoms with E-state index in [0.29, 0.717) is 18.0 Å². The van der Waals surface area contributed by atoms with Crippen LogP contribution in [0.25, 0.3) is 0 Å². The molecule has 0 aromatic heterocycles. The standard InChI is InChI=1S/C14H19NO4/c1-8-4-12(18-2)13(19-3)6-11(8)15-7-9-5-10(9)14(16)17/h4,6,9-10,15H,5,7H2,1-3H3,(H,16,17). The number of carboxylic acid groups (broad SMARTS) is 1. The van der Waals surface area contributed by atoms with Crippen molar-refractivity contribution in [2.75, 3.05) is 26.1 Å². The number of anilines is 1. The lowest BCUT2D eigenvalue weighted by atomic mass is 10.1. The molecule has 0 saturated heterocycles. The highest BCUT2D eigenvalue weighted by atomic mass is 16.5. The molecule has 0 bridgehead atoms. The number of ether oxygens (including phenoxy) is 2. The van der Waals surface area contributed by atoms with Crippen LogP contribution in [0.1, 0.15) is 12.0 Å². The van der Waals surface area contributed by atoms with E-state index in [-0.39, 0.29) is 11.8 Å². The van der Waals surface area contributed by atoms with E-state index in [2.05, 4.69) is 5.32 Å². The quantitative estimate of drug-likeness (QED) is 0.825. The highest BCUT2D eigenvalue weighted by Gasteiger charge is 2.42. The van der Waals surface area contributed by atoms with Crippen molar-refractivity contribution in [3.63, 3.8) is 0 Å². The molecular weight excluding hydrogens is 246 g/mol. The van der Waals surface area contributed by atoms with Crippen LogP contribution in [0.3, 0.4) is 0 Å². The number of aliphatic carboxylic acids is 1. The molecule has 1 aromatic carbocycles. The fourth-order valence-corrected chi connectivity index (χ4v) is 2.19. The van der Waals surface area contributed by atoms with Crippen LogP contribution in [0.15, 0.2) is 12.1 Å². The number of carbonyl (C=O) groups is 1. The van der Waals surface area contributed by atoms with E-state index >= 15 is 0 Å². The summed E-state index contributed by atoms with van der Waals surface area (Å²) >= 11 is 0. The van der Waals surface area contributed by atoms with Gasteiger partial charge in [0.2, 0.25) is 0 Å². The number of benzene rings is 1. The highest BCUT2D eigenvalue weighted by molar-refractivity contribution is 5.73. The summed E-state index contributed by atoms with van der Waals surface area (Å²) in [5.74, 6) is 0.704. The third kappa shape index (κ3) is 2.92. The van der Waals surface area contributed by atoms with Crippen molar-refractivity contribution in [2.45, 2.75) is 13.3 Å². The molecule has 0 heterocycles. The van der Waals surface area contributed by atoms with Gasteiger partial charge in [-0.05, 0) is 30.9 Å². The van der Waals surface area contributed by atoms with Crippen molar-refractivity contribution in [2.24, 2.45) is 11.8 Å². The summed E-state index contributed by atoms with van der Waals surface area (Å²) in [7, 11) is 3.20. The van der Waals surface area contributed by atoms with Crippen LogP contribution in [0, 0.1) is 18.8 Å². The smallest absolute Gasteiger partial charge is 0.306 e. The number of methoxy groups -OCH3 is 2. The lowest BCUT2D eigenvalue weighted by Crippen LogP contribution is -2.09. The summed E-state index contributed by atoms with van der Waals surface area (Å²) in [6.45, 7) is 2.65. The van der Waals surface area contributed by atoms with E-state index in [1.54, 1.807) is 14.2 Å². The summed E-state index contributed by atoms with van der Waals surface area (Å²) in [6.07, 6.45) is 0.759. The van der Waals surface area contributed by atoms with Crippen LogP contribution in [-0.2, 0) is 4.79 Å². The van der Waals surface area contributed by atoms with Crippen LogP contribution in [-0.4, -0.2) is 31.8 Å². The van der Waals surface area contributed by atoms with Crippen molar-refractivity contribution in [3.05, 3.63) is 17.7 Å². The van der Waals surface area contributed by atoms with Gasteiger partial charge in [0.15, 0.2) is 11.5 Å². The summed E-state index contributed by atoms with van der Waals surface area (Å²) < 4.78 is 10.5. The minimum Gasteiger partial charge on any atom is -0.493 e. The Hall–Kier alpha value is -1.91. The van der Waals surface area contributed by atoms with Crippen molar-refractivity contribution >= 4 is 11.7 Å². The highest BCUT2D eigenvalue weighted by Crippen LogP contribution is 2.39. The van der Waals surface area contributed by atoms with Gasteiger partial charge in [0.25, 0.3) is 0 Å². The molecule has 1 fully saturated rings. The maximum Gasteiger partial charge on any atom is 0.306 e. The van der Waals surface area contributed by atoms with Gasteiger partial charge < -0.3 is 19.9 Å². The molecule has 1 aromatic rings. The van der Waals surface area contributed by atoms with Gasteiger partial charge in [0.1, 0.15) is 0 Å². The van der Waals surface area contributed by atoms with E-state index in [9.17, 15) is 4.79 Å². The second kappa shape index (κ2) is 5.38. The molecule has 5 nitrogen and oxygen atoms in total. The minimum atomic E-state index is -0.698. The molecule has 0 spiro atoms. The Kier molecular flexibility index (Phi) is 3.83. The fraction of sp³-hybridized carbons (Fsp3) is 0.500. The number of aryl methyl sites for hydroxylation is 1. The van der Waals surface area contributed by atoms with Crippen LogP contribution >= 0.6 is 0 Å². The number of nitrogens with one attached hydrogen (secondary N) is 1. The van der Waals surface area contributed by atoms with E-state index in [1.807, 2.05) is 19.1 Å². The van der Waals surface area contributed by atoms with E-state index in [0.717, 1.165) is 17.7 Å². The zero-order chi connectivity index (χ0) is 14.0. The van der Waals surface area contributed by atoms with Gasteiger partial charge in [-0.3, -0.25) is 4.79 Å². The second-order valence-corrected chi connectivity index (χ2v) is 4.84. The average Bonchev–Trinajstić information content (AvgIpc) is 3.16. The van der Waals surface area contributed by atoms with Gasteiger partial charge in [0, 0.05) is 18.3 Å². The Balaban J connectivity index is 2.02. The van der Waals surface area contributed by atoms with Gasteiger partial charge in [0.05, 0.1) is 20.1 Å². The largest absolute Gasteiger partial charge is 0.493 e. The number of carboxylic acids is 1. The van der Waals surface area contributed by atoms with E-state index in [1.165, 1.54) is 0 Å². The molecule has 2 N–H and O–H groups in total. The molecule has 0 amide bonds. The molecule has 1 aliphatic rings. The molecule has 5 heteroatoms. The van der Waals surface area contributed by atoms with Gasteiger partial charge in [-0.1, -0.05) is 0 Å². The maximum atomic E-state index is 10.8. The van der Waals surface area contributed by atoms with Crippen molar-refractivity contribution in [1.82, 2.24) is 0 Å². The topological polar surface area (TPSA) is 67.8 Å². The summed E-state index contributed by atoms with van der Waals surface area (Å²) in [5, 5.41) is 12.1. The molecule has 2 unspecified atom stereocenters. The Morgan fingerprint density at radius 1 is 1.37 bits per heavy atom. The first kappa shape index (κ1) is 13.5. The number of hydrogen-bond donors (Lipinski definition) is 2. The van der Waals surface area contributed by atoms with Crippen molar-refractivity contribution in [1.29, 1.82) is 0 Å². The summed E-state index contributed by atoms with van der Waals surface area (Å²) in [5.41, 5.74) is 2.00. The van der Waals surface area contributed by atoms with Gasteiger partial charge >= 0.3 is 5.97 Å². The molecule has 1 aliphatic carbocycles. The Morgan fingerprint density at radius 2 is 2.00 bits per heavy atom. The minimum absolute atomic E-state index is 0.187. The number of rotatable bonds is 6. The fourth-order valence-electron chi connectivity index (χ4n) is 2.19. The SMILES string of the molecule is COc1cc(C)c(NCC2CC2C(=O)O)cc1OC. The predicted molar refractivity (Wildman–Crippen MR) is 72.0 cm³/mol. The number of hydrogen-bond acceptors (Lipinski definition) is 4. The molecule has 0 radical (unpaired) electrons. The van der Waals surface area contributed by atoms with Crippen LogP contribution in [0.4, 0.5) is 5.69 Å². The van der Waals surface area contributed by atoms with Gasteiger partial charge in [-0.25, -0.2) is 0 Å². The Bertz CT molecular complexity index is 487. The second-order valence-electron chi connectivity index (χ2n) is 4.84. The van der Waals surface area contributed by atoms with Gasteiger partial charge in [-0.15, -0.1) is 0 Å². The molecule has 2 atom stereocenters. The van der Waals surface area contributed by atoms with Crippen LogP contribution in [0.2, 0.25) is 0 Å². The first-order valence-corrected chi connectivity index (χ1v) is 6.26. The first-order chi connectivity index (χ1) is 9.06. The molecule has 0 aliphatic heterocycles. The molecule has 104 valence electrons. The monoisotopic (exact) mass is 265 g/mol. The molecule has 19 heavy (non-hydrogen) atoms. The average molecular weight is 265 g/mol. The van der Waals surface area contributed by atoms with Crippen molar-refractivity contribution < 1.29 is 19.4 Å². The zero-order valence-corrected chi connectivity index (χ0v) is 11.4. The third-order valence-electron chi connectivity index (χ3n) is 3.53. The lowest BCUT2D eigenvalue weighted by Gasteiger charge is -2.14. The molecule has 2 rings (SSSR count). The summed E-state index contributed by atoms with van der Waals surface area (Å²) in [4.78, 5) is 10.8. The van der Waals surface area contributed by atoms with Crippen LogP contribution < -0.4 is 14.8 Å². The zero-order valence-electron chi connectivity index (χ0n) is 11.4. The molecule has 1 saturated carbocycles. The van der Waals surface area contributed by atoms with E-state index in [4.69, 9.17) is 14.6 Å². The Labute approximate surface area is 112 Å². The predicted octanol–water partition coefficient (Wildman–Crippen LogP) is 2.14. The van der Waals surface area contributed by atoms with Crippen molar-refractivity contribution in [3.8, 4) is 11.5 Å². The normalized spacial score (nSPS) is 20.8. The van der Waals surface area contributed by atoms with E-state index < -0.39 is 5.97 Å². The molecular formula is C14H19NO4. The summed E-state index contributed by atoms with van der Waals surface area (Å²) in [6, 6.07) is 3.79. The van der Waals surface area contributed by atoms with Crippen LogP contribution in [0.5, 0.6) is 11.5 Å². The first-order valence-electron chi connectivity index (χ1n) is 6.26. The Morgan fingerprint density at radius 3 is 2.53 bits per heavy atom. The third-order valence-corrected chi connectivity index (χ3v) is 3.53. The lowest BCUT2D eigenvalue weighted by molar-refractivity contribution is -0.138. The maximum absolute atomic E-state index is 10.8.